The molecule has 0 amide bonds. The van der Waals surface area contributed by atoms with Gasteiger partial charge < -0.3 is 24.7 Å². The lowest BCUT2D eigenvalue weighted by Crippen LogP contribution is -2.44. The van der Waals surface area contributed by atoms with Crippen molar-refractivity contribution in [3.63, 3.8) is 0 Å². The predicted molar refractivity (Wildman–Crippen MR) is 127 cm³/mol. The zero-order chi connectivity index (χ0) is 22.8. The Bertz CT molecular complexity index is 854. The van der Waals surface area contributed by atoms with Gasteiger partial charge in [0.15, 0.2) is 11.5 Å². The van der Waals surface area contributed by atoms with Crippen LogP contribution >= 0.6 is 0 Å². The van der Waals surface area contributed by atoms with Crippen LogP contribution in [-0.4, -0.2) is 90.3 Å². The zero-order valence-corrected chi connectivity index (χ0v) is 19.9. The Kier molecular flexibility index (Phi) is 6.95. The van der Waals surface area contributed by atoms with Gasteiger partial charge in [0.25, 0.3) is 0 Å². The Balaban J connectivity index is 1.17. The number of hydrogen-bond acceptors (Lipinski definition) is 7. The molecule has 0 saturated carbocycles. The second-order valence-corrected chi connectivity index (χ2v) is 10.2. The minimum Gasteiger partial charge on any atom is -0.493 e. The smallest absolute Gasteiger partial charge is 0.166 e. The van der Waals surface area contributed by atoms with Crippen molar-refractivity contribution in [2.24, 2.45) is 0 Å². The summed E-state index contributed by atoms with van der Waals surface area (Å²) in [5.41, 5.74) is 2.49. The van der Waals surface area contributed by atoms with Crippen LogP contribution in [0.5, 0.6) is 11.5 Å². The van der Waals surface area contributed by atoms with Crippen LogP contribution in [-0.2, 0) is 12.0 Å². The Morgan fingerprint density at radius 3 is 2.55 bits per heavy atom. The molecule has 1 spiro atoms. The van der Waals surface area contributed by atoms with Gasteiger partial charge in [0, 0.05) is 44.7 Å². The van der Waals surface area contributed by atoms with Gasteiger partial charge in [-0.15, -0.1) is 0 Å². The van der Waals surface area contributed by atoms with Gasteiger partial charge >= 0.3 is 0 Å². The summed E-state index contributed by atoms with van der Waals surface area (Å²) >= 11 is 0. The molecule has 1 aliphatic carbocycles. The molecule has 5 rings (SSSR count). The van der Waals surface area contributed by atoms with Crippen LogP contribution in [0.15, 0.2) is 24.3 Å². The molecule has 0 bridgehead atoms. The third kappa shape index (κ3) is 4.66. The first-order valence-electron chi connectivity index (χ1n) is 12.7. The van der Waals surface area contributed by atoms with Crippen LogP contribution in [0.3, 0.4) is 0 Å². The van der Waals surface area contributed by atoms with Crippen molar-refractivity contribution >= 4 is 0 Å². The van der Waals surface area contributed by atoms with Gasteiger partial charge in [-0.3, -0.25) is 4.90 Å². The number of hydroxylamine groups is 2. The van der Waals surface area contributed by atoms with E-state index in [9.17, 15) is 10.3 Å². The zero-order valence-electron chi connectivity index (χ0n) is 19.9. The first kappa shape index (κ1) is 23.1. The summed E-state index contributed by atoms with van der Waals surface area (Å²) in [5.74, 6) is 1.70. The second kappa shape index (κ2) is 9.92. The van der Waals surface area contributed by atoms with Crippen LogP contribution in [0.1, 0.15) is 49.7 Å². The molecule has 182 valence electrons. The first-order valence-corrected chi connectivity index (χ1v) is 12.7. The van der Waals surface area contributed by atoms with Gasteiger partial charge in [0.05, 0.1) is 18.6 Å². The molecule has 1 fully saturated rings. The monoisotopic (exact) mass is 457 g/mol. The molecule has 0 radical (unpaired) electrons. The van der Waals surface area contributed by atoms with E-state index in [-0.39, 0.29) is 11.5 Å². The molecule has 2 N–H and O–H groups in total. The maximum atomic E-state index is 10.2. The highest BCUT2D eigenvalue weighted by atomic mass is 16.5. The lowest BCUT2D eigenvalue weighted by Gasteiger charge is -2.36. The van der Waals surface area contributed by atoms with Crippen molar-refractivity contribution in [3.05, 3.63) is 35.4 Å². The van der Waals surface area contributed by atoms with E-state index in [1.54, 1.807) is 7.11 Å². The number of nitrogens with zero attached hydrogens (tertiary/aromatic N) is 3. The van der Waals surface area contributed by atoms with Gasteiger partial charge in [-0.25, -0.2) is 0 Å². The summed E-state index contributed by atoms with van der Waals surface area (Å²) in [6.07, 6.45) is 10.4. The highest BCUT2D eigenvalue weighted by Gasteiger charge is 2.52. The average Bonchev–Trinajstić information content (AvgIpc) is 3.06. The van der Waals surface area contributed by atoms with Crippen LogP contribution in [0.25, 0.3) is 0 Å². The van der Waals surface area contributed by atoms with Gasteiger partial charge in [-0.1, -0.05) is 31.1 Å². The molecule has 3 aliphatic heterocycles. The number of methoxy groups -OCH3 is 1. The van der Waals surface area contributed by atoms with Crippen LogP contribution in [0.4, 0.5) is 0 Å². The van der Waals surface area contributed by atoms with Crippen molar-refractivity contribution in [2.45, 2.75) is 62.7 Å². The first-order chi connectivity index (χ1) is 16.1. The number of ether oxygens (including phenoxy) is 2. The summed E-state index contributed by atoms with van der Waals surface area (Å²) in [6, 6.07) is 4.26. The van der Waals surface area contributed by atoms with Gasteiger partial charge in [-0.2, -0.15) is 5.06 Å². The Labute approximate surface area is 197 Å². The SMILES string of the molecule is COc1ccc2c3c1O[C@H]1C[C@@H](O)C=C[C@@]31CCN(CCCCCCN1CCN(O)CC1)C2. The lowest BCUT2D eigenvalue weighted by molar-refractivity contribution is -0.117. The van der Waals surface area contributed by atoms with Crippen LogP contribution < -0.4 is 9.47 Å². The molecule has 1 aromatic rings. The Hall–Kier alpha value is -1.64. The molecule has 7 nitrogen and oxygen atoms in total. The quantitative estimate of drug-likeness (QED) is 0.460. The minimum atomic E-state index is -0.434. The highest BCUT2D eigenvalue weighted by Crippen LogP contribution is 2.55. The normalized spacial score (nSPS) is 29.9. The van der Waals surface area contributed by atoms with Crippen molar-refractivity contribution in [1.29, 1.82) is 0 Å². The fourth-order valence-corrected chi connectivity index (χ4v) is 6.17. The molecule has 0 unspecified atom stereocenters. The summed E-state index contributed by atoms with van der Waals surface area (Å²) < 4.78 is 12.0. The highest BCUT2D eigenvalue weighted by molar-refractivity contribution is 5.61. The van der Waals surface area contributed by atoms with Crippen molar-refractivity contribution in [1.82, 2.24) is 14.9 Å². The van der Waals surface area contributed by atoms with Crippen LogP contribution in [0, 0.1) is 0 Å². The lowest BCUT2D eigenvalue weighted by atomic mass is 9.69. The Morgan fingerprint density at radius 2 is 1.79 bits per heavy atom. The van der Waals surface area contributed by atoms with E-state index in [2.05, 4.69) is 21.9 Å². The van der Waals surface area contributed by atoms with E-state index in [1.165, 1.54) is 41.9 Å². The number of piperazine rings is 1. The standard InChI is InChI=1S/C26H39N3O4/c1-32-22-7-6-20-19-28(12-5-3-2-4-11-27-14-16-29(31)17-15-27)13-10-26-9-8-21(30)18-23(26)33-25(22)24(20)26/h6-9,21,23,30-31H,2-5,10-19H2,1H3/t21-,23-,26-/m0/s1. The summed E-state index contributed by atoms with van der Waals surface area (Å²) in [4.78, 5) is 5.07. The molecule has 4 aliphatic rings. The van der Waals surface area contributed by atoms with Gasteiger partial charge in [0.1, 0.15) is 6.10 Å². The summed E-state index contributed by atoms with van der Waals surface area (Å²) in [7, 11) is 1.70. The third-order valence-electron chi connectivity index (χ3n) is 8.08. The van der Waals surface area contributed by atoms with Crippen LogP contribution in [0.2, 0.25) is 0 Å². The van der Waals surface area contributed by atoms with E-state index >= 15 is 0 Å². The van der Waals surface area contributed by atoms with E-state index in [1.807, 2.05) is 12.1 Å². The minimum absolute atomic E-state index is 0.0183. The van der Waals surface area contributed by atoms with Crippen molar-refractivity contribution < 1.29 is 19.8 Å². The number of hydrogen-bond donors (Lipinski definition) is 2. The Morgan fingerprint density at radius 1 is 1.03 bits per heavy atom. The maximum absolute atomic E-state index is 10.2. The topological polar surface area (TPSA) is 68.6 Å². The second-order valence-electron chi connectivity index (χ2n) is 10.2. The molecule has 3 atom stereocenters. The van der Waals surface area contributed by atoms with Gasteiger partial charge in [-0.05, 0) is 50.5 Å². The number of aliphatic hydroxyl groups excluding tert-OH is 1. The molecule has 1 saturated heterocycles. The average molecular weight is 458 g/mol. The number of aliphatic hydroxyl groups is 1. The number of rotatable bonds is 8. The molecule has 7 heteroatoms. The molecule has 0 aromatic heterocycles. The molecular formula is C26H39N3O4. The number of benzene rings is 1. The fourth-order valence-electron chi connectivity index (χ4n) is 6.17. The largest absolute Gasteiger partial charge is 0.493 e. The third-order valence-corrected chi connectivity index (χ3v) is 8.08. The predicted octanol–water partition coefficient (Wildman–Crippen LogP) is 2.79. The van der Waals surface area contributed by atoms with Gasteiger partial charge in [0.2, 0.25) is 0 Å². The number of unbranched alkanes of at least 4 members (excludes halogenated alkanes) is 3. The maximum Gasteiger partial charge on any atom is 0.166 e. The molecular weight excluding hydrogens is 418 g/mol. The van der Waals surface area contributed by atoms with E-state index in [0.717, 1.165) is 70.3 Å². The van der Waals surface area contributed by atoms with Crippen molar-refractivity contribution in [2.75, 3.05) is 52.9 Å². The molecule has 33 heavy (non-hydrogen) atoms. The summed E-state index contributed by atoms with van der Waals surface area (Å²) in [5, 5.41) is 21.2. The van der Waals surface area contributed by atoms with E-state index in [0.29, 0.717) is 6.42 Å². The van der Waals surface area contributed by atoms with E-state index in [4.69, 9.17) is 9.47 Å². The fraction of sp³-hybridized carbons (Fsp3) is 0.692. The molecule has 1 aromatic carbocycles. The van der Waals surface area contributed by atoms with E-state index < -0.39 is 6.10 Å². The molecule has 3 heterocycles. The summed E-state index contributed by atoms with van der Waals surface area (Å²) in [6.45, 7) is 7.77. The van der Waals surface area contributed by atoms with Crippen molar-refractivity contribution in [3.8, 4) is 11.5 Å².